The second kappa shape index (κ2) is 7.89. The first-order chi connectivity index (χ1) is 14.2. The molecule has 1 aliphatic rings. The van der Waals surface area contributed by atoms with Crippen LogP contribution >= 0.6 is 34.5 Å². The molecule has 0 aliphatic carbocycles. The lowest BCUT2D eigenvalue weighted by Crippen LogP contribution is -2.42. The van der Waals surface area contributed by atoms with Gasteiger partial charge >= 0.3 is 0 Å². The minimum atomic E-state index is 0.704. The lowest BCUT2D eigenvalue weighted by atomic mass is 10.2. The SMILES string of the molecule is Clc1ccc(-n2c(-c3ccc(N4CCN(I)CC4)nc3)nc3ccncc32)cc1. The quantitative estimate of drug-likeness (QED) is 0.294. The number of hydrogen-bond acceptors (Lipinski definition) is 5. The Balaban J connectivity index is 1.56. The summed E-state index contributed by atoms with van der Waals surface area (Å²) in [5.74, 6) is 1.85. The average Bonchev–Trinajstić information content (AvgIpc) is 3.15. The lowest BCUT2D eigenvalue weighted by molar-refractivity contribution is 0.458. The van der Waals surface area contributed by atoms with Gasteiger partial charge in [0.15, 0.2) is 0 Å². The van der Waals surface area contributed by atoms with E-state index in [1.54, 1.807) is 6.20 Å². The first-order valence-electron chi connectivity index (χ1n) is 9.39. The van der Waals surface area contributed by atoms with Crippen molar-refractivity contribution in [2.45, 2.75) is 0 Å². The fourth-order valence-electron chi connectivity index (χ4n) is 3.59. The summed E-state index contributed by atoms with van der Waals surface area (Å²) < 4.78 is 4.41. The average molecular weight is 517 g/mol. The number of pyridine rings is 2. The number of fused-ring (bicyclic) bond motifs is 1. The van der Waals surface area contributed by atoms with Gasteiger partial charge in [0.25, 0.3) is 0 Å². The second-order valence-electron chi connectivity index (χ2n) is 6.91. The van der Waals surface area contributed by atoms with Gasteiger partial charge < -0.3 is 4.90 Å². The van der Waals surface area contributed by atoms with Gasteiger partial charge in [-0.15, -0.1) is 0 Å². The largest absolute Gasteiger partial charge is 0.354 e. The summed E-state index contributed by atoms with van der Waals surface area (Å²) in [5, 5.41) is 0.704. The Morgan fingerprint density at radius 3 is 2.41 bits per heavy atom. The summed E-state index contributed by atoms with van der Waals surface area (Å²) in [6, 6.07) is 13.9. The standard InChI is InChI=1S/C21H18ClIN6/c22-16-2-4-17(5-3-16)29-19-14-24-8-7-18(19)26-21(29)15-1-6-20(25-13-15)27-9-11-28(23)12-10-27/h1-8,13-14H,9-12H2. The van der Waals surface area contributed by atoms with Gasteiger partial charge in [0, 0.05) is 77.7 Å². The van der Waals surface area contributed by atoms with E-state index in [0.717, 1.165) is 60.1 Å². The second-order valence-corrected chi connectivity index (χ2v) is 8.71. The van der Waals surface area contributed by atoms with Crippen LogP contribution in [0.3, 0.4) is 0 Å². The van der Waals surface area contributed by atoms with Crippen LogP contribution in [0.5, 0.6) is 0 Å². The Hall–Kier alpha value is -2.23. The topological polar surface area (TPSA) is 50.1 Å². The molecule has 8 heteroatoms. The first kappa shape index (κ1) is 18.8. The first-order valence-corrected chi connectivity index (χ1v) is 10.7. The molecule has 3 aromatic heterocycles. The third-order valence-electron chi connectivity index (χ3n) is 5.10. The number of rotatable bonds is 3. The van der Waals surface area contributed by atoms with Crippen molar-refractivity contribution < 1.29 is 0 Å². The molecule has 146 valence electrons. The number of imidazole rings is 1. The van der Waals surface area contributed by atoms with Crippen LogP contribution in [0.2, 0.25) is 5.02 Å². The number of anilines is 1. The number of halogens is 2. The molecule has 1 saturated heterocycles. The zero-order chi connectivity index (χ0) is 19.8. The molecule has 1 aliphatic heterocycles. The molecule has 4 aromatic rings. The van der Waals surface area contributed by atoms with Crippen LogP contribution in [0.4, 0.5) is 5.82 Å². The minimum absolute atomic E-state index is 0.704. The Morgan fingerprint density at radius 2 is 1.69 bits per heavy atom. The van der Waals surface area contributed by atoms with E-state index in [2.05, 4.69) is 52.6 Å². The molecule has 1 aromatic carbocycles. The van der Waals surface area contributed by atoms with Crippen LogP contribution in [0.15, 0.2) is 61.1 Å². The molecule has 0 unspecified atom stereocenters. The van der Waals surface area contributed by atoms with Crippen LogP contribution in [0.1, 0.15) is 0 Å². The summed E-state index contributed by atoms with van der Waals surface area (Å²) in [7, 11) is 0. The maximum absolute atomic E-state index is 6.09. The molecular weight excluding hydrogens is 499 g/mol. The normalized spacial score (nSPS) is 15.2. The van der Waals surface area contributed by atoms with Gasteiger partial charge in [-0.1, -0.05) is 11.6 Å². The van der Waals surface area contributed by atoms with Crippen LogP contribution in [-0.4, -0.2) is 48.8 Å². The van der Waals surface area contributed by atoms with E-state index < -0.39 is 0 Å². The van der Waals surface area contributed by atoms with Gasteiger partial charge in [-0.25, -0.2) is 13.1 Å². The third kappa shape index (κ3) is 3.70. The highest BCUT2D eigenvalue weighted by Gasteiger charge is 2.18. The molecule has 0 N–H and O–H groups in total. The van der Waals surface area contributed by atoms with E-state index in [4.69, 9.17) is 21.6 Å². The fraction of sp³-hybridized carbons (Fsp3) is 0.190. The highest BCUT2D eigenvalue weighted by atomic mass is 127. The molecular formula is C21H18ClIN6. The number of piperazine rings is 1. The summed E-state index contributed by atoms with van der Waals surface area (Å²) in [6.07, 6.45) is 5.51. The smallest absolute Gasteiger partial charge is 0.147 e. The van der Waals surface area contributed by atoms with Crippen molar-refractivity contribution in [1.29, 1.82) is 0 Å². The van der Waals surface area contributed by atoms with E-state index in [1.165, 1.54) is 0 Å². The molecule has 4 heterocycles. The van der Waals surface area contributed by atoms with Gasteiger partial charge in [0.2, 0.25) is 0 Å². The third-order valence-corrected chi connectivity index (χ3v) is 6.31. The zero-order valence-corrected chi connectivity index (χ0v) is 18.5. The van der Waals surface area contributed by atoms with Crippen molar-refractivity contribution in [2.24, 2.45) is 0 Å². The van der Waals surface area contributed by atoms with Gasteiger partial charge in [-0.3, -0.25) is 9.55 Å². The fourth-order valence-corrected chi connectivity index (χ4v) is 4.14. The molecule has 0 atom stereocenters. The molecule has 0 bridgehead atoms. The van der Waals surface area contributed by atoms with Gasteiger partial charge in [0.1, 0.15) is 11.6 Å². The zero-order valence-electron chi connectivity index (χ0n) is 15.5. The highest BCUT2D eigenvalue weighted by molar-refractivity contribution is 14.1. The van der Waals surface area contributed by atoms with Crippen molar-refractivity contribution in [3.63, 3.8) is 0 Å². The molecule has 6 nitrogen and oxygen atoms in total. The molecule has 0 spiro atoms. The van der Waals surface area contributed by atoms with Crippen LogP contribution in [-0.2, 0) is 0 Å². The molecule has 0 amide bonds. The Bertz CT molecular complexity index is 1130. The van der Waals surface area contributed by atoms with Crippen LogP contribution in [0, 0.1) is 0 Å². The molecule has 0 saturated carbocycles. The Labute approximate surface area is 187 Å². The highest BCUT2D eigenvalue weighted by Crippen LogP contribution is 2.29. The summed E-state index contributed by atoms with van der Waals surface area (Å²) in [6.45, 7) is 4.07. The predicted octanol–water partition coefficient (Wildman–Crippen LogP) is 4.61. The predicted molar refractivity (Wildman–Crippen MR) is 125 cm³/mol. The number of aromatic nitrogens is 4. The number of hydrogen-bond donors (Lipinski definition) is 0. The van der Waals surface area contributed by atoms with E-state index in [1.807, 2.05) is 42.7 Å². The summed E-state index contributed by atoms with van der Waals surface area (Å²) >= 11 is 8.47. The van der Waals surface area contributed by atoms with Crippen LogP contribution in [0.25, 0.3) is 28.1 Å². The Morgan fingerprint density at radius 1 is 0.897 bits per heavy atom. The van der Waals surface area contributed by atoms with Crippen molar-refractivity contribution in [3.8, 4) is 17.1 Å². The number of nitrogens with zero attached hydrogens (tertiary/aromatic N) is 6. The maximum Gasteiger partial charge on any atom is 0.147 e. The number of benzene rings is 1. The van der Waals surface area contributed by atoms with Crippen LogP contribution < -0.4 is 4.90 Å². The Kier molecular flexibility index (Phi) is 5.11. The van der Waals surface area contributed by atoms with Crippen molar-refractivity contribution in [1.82, 2.24) is 22.6 Å². The molecule has 1 fully saturated rings. The lowest BCUT2D eigenvalue weighted by Gasteiger charge is -2.32. The molecule has 29 heavy (non-hydrogen) atoms. The molecule has 5 rings (SSSR count). The van der Waals surface area contributed by atoms with E-state index in [9.17, 15) is 0 Å². The maximum atomic E-state index is 6.09. The van der Waals surface area contributed by atoms with Crippen molar-refractivity contribution in [2.75, 3.05) is 31.1 Å². The van der Waals surface area contributed by atoms with E-state index >= 15 is 0 Å². The minimum Gasteiger partial charge on any atom is -0.354 e. The van der Waals surface area contributed by atoms with Gasteiger partial charge in [0.05, 0.1) is 17.2 Å². The molecule has 0 radical (unpaired) electrons. The van der Waals surface area contributed by atoms with Gasteiger partial charge in [-0.2, -0.15) is 0 Å². The van der Waals surface area contributed by atoms with Crippen molar-refractivity contribution in [3.05, 3.63) is 66.1 Å². The van der Waals surface area contributed by atoms with E-state index in [0.29, 0.717) is 5.02 Å². The van der Waals surface area contributed by atoms with Gasteiger partial charge in [-0.05, 0) is 42.5 Å². The van der Waals surface area contributed by atoms with E-state index in [-0.39, 0.29) is 0 Å². The van der Waals surface area contributed by atoms with Crippen molar-refractivity contribution >= 4 is 51.3 Å². The monoisotopic (exact) mass is 516 g/mol. The summed E-state index contributed by atoms with van der Waals surface area (Å²) in [4.78, 5) is 16.2. The summed E-state index contributed by atoms with van der Waals surface area (Å²) in [5.41, 5.74) is 3.80.